The number of alkyl halides is 3. The van der Waals surface area contributed by atoms with Crippen molar-refractivity contribution in [2.24, 2.45) is 0 Å². The fourth-order valence-electron chi connectivity index (χ4n) is 3.30. The third kappa shape index (κ3) is 4.96. The Bertz CT molecular complexity index is 1370. The van der Waals surface area contributed by atoms with E-state index in [0.29, 0.717) is 47.8 Å². The molecule has 0 saturated heterocycles. The highest BCUT2D eigenvalue weighted by molar-refractivity contribution is 5.86. The lowest BCUT2D eigenvalue weighted by atomic mass is 10.1. The van der Waals surface area contributed by atoms with E-state index in [1.165, 1.54) is 35.0 Å². The summed E-state index contributed by atoms with van der Waals surface area (Å²) in [6.07, 6.45) is -0.338. The van der Waals surface area contributed by atoms with Gasteiger partial charge in [-0.3, -0.25) is 9.38 Å². The predicted octanol–water partition coefficient (Wildman–Crippen LogP) is 4.42. The monoisotopic (exact) mass is 466 g/mol. The lowest BCUT2D eigenvalue weighted by Crippen LogP contribution is -2.10. The zero-order valence-corrected chi connectivity index (χ0v) is 17.5. The predicted molar refractivity (Wildman–Crippen MR) is 116 cm³/mol. The molecule has 0 unspecified atom stereocenters. The van der Waals surface area contributed by atoms with Gasteiger partial charge in [-0.25, -0.2) is 14.8 Å². The number of aromatic nitrogens is 4. The molecule has 172 valence electrons. The minimum Gasteiger partial charge on any atom is -0.476 e. The number of aromatic carboxylic acids is 1. The van der Waals surface area contributed by atoms with Crippen LogP contribution in [-0.2, 0) is 12.6 Å². The maximum Gasteiger partial charge on any atom is 0.416 e. The van der Waals surface area contributed by atoms with E-state index in [2.05, 4.69) is 20.3 Å². The van der Waals surface area contributed by atoms with E-state index in [4.69, 9.17) is 5.26 Å². The first-order chi connectivity index (χ1) is 16.2. The van der Waals surface area contributed by atoms with Crippen molar-refractivity contribution in [3.8, 4) is 17.3 Å². The van der Waals surface area contributed by atoms with Crippen molar-refractivity contribution in [2.75, 3.05) is 11.9 Å². The third-order valence-electron chi connectivity index (χ3n) is 5.03. The molecule has 11 heteroatoms. The first kappa shape index (κ1) is 22.7. The number of nitriles is 1. The number of imidazole rings is 1. The Balaban J connectivity index is 1.57. The number of nitrogens with one attached hydrogen (secondary N) is 1. The van der Waals surface area contributed by atoms with Crippen molar-refractivity contribution in [1.29, 1.82) is 5.26 Å². The van der Waals surface area contributed by atoms with Crippen molar-refractivity contribution in [3.05, 3.63) is 77.4 Å². The molecular weight excluding hydrogens is 449 g/mol. The topological polar surface area (TPSA) is 116 Å². The molecule has 0 atom stereocenters. The Hall–Kier alpha value is -4.46. The molecule has 4 aromatic rings. The van der Waals surface area contributed by atoms with Crippen LogP contribution in [0.1, 0.15) is 33.7 Å². The Labute approximate surface area is 191 Å². The minimum atomic E-state index is -4.45. The summed E-state index contributed by atoms with van der Waals surface area (Å²) in [6.45, 7) is 0.459. The van der Waals surface area contributed by atoms with E-state index >= 15 is 0 Å². The molecule has 8 nitrogen and oxygen atoms in total. The van der Waals surface area contributed by atoms with Gasteiger partial charge in [-0.15, -0.1) is 0 Å². The van der Waals surface area contributed by atoms with Gasteiger partial charge in [-0.05, 0) is 37.1 Å². The molecule has 3 aromatic heterocycles. The van der Waals surface area contributed by atoms with Crippen LogP contribution in [0, 0.1) is 11.3 Å². The molecular formula is C23H17F3N6O2. The number of hydrogen-bond acceptors (Lipinski definition) is 6. The zero-order valence-electron chi connectivity index (χ0n) is 17.5. The van der Waals surface area contributed by atoms with Crippen molar-refractivity contribution >= 4 is 17.6 Å². The minimum absolute atomic E-state index is 0.184. The fraction of sp³-hybridized carbons (Fsp3) is 0.174. The quantitative estimate of drug-likeness (QED) is 0.387. The Kier molecular flexibility index (Phi) is 6.14. The molecule has 0 amide bonds. The van der Waals surface area contributed by atoms with Gasteiger partial charge in [0, 0.05) is 36.3 Å². The summed E-state index contributed by atoms with van der Waals surface area (Å²) < 4.78 is 40.2. The fourth-order valence-corrected chi connectivity index (χ4v) is 3.30. The van der Waals surface area contributed by atoms with Crippen LogP contribution in [0.15, 0.2) is 54.9 Å². The highest BCUT2D eigenvalue weighted by atomic mass is 19.4. The van der Waals surface area contributed by atoms with E-state index in [9.17, 15) is 23.1 Å². The standard InChI is InChI=1S/C23H17F3N6O2/c24-23(25,26)16-6-4-15(5-7-16)18-10-20-30-19(21(33)34)13-32(20)22(31-18)28-9-1-2-17-8-3-14(11-27)12-29-17/h3-8,10,12-13H,1-2,9H2,(H,28,31)(H,33,34). The molecule has 0 radical (unpaired) electrons. The van der Waals surface area contributed by atoms with Crippen molar-refractivity contribution in [3.63, 3.8) is 0 Å². The molecule has 0 aliphatic rings. The summed E-state index contributed by atoms with van der Waals surface area (Å²) in [4.78, 5) is 24.2. The number of fused-ring (bicyclic) bond motifs is 1. The number of carboxylic acid groups (broad SMARTS) is 1. The molecule has 2 N–H and O–H groups in total. The summed E-state index contributed by atoms with van der Waals surface area (Å²) >= 11 is 0. The summed E-state index contributed by atoms with van der Waals surface area (Å²) in [6, 6.07) is 11.5. The van der Waals surface area contributed by atoms with Gasteiger partial charge in [0.2, 0.25) is 5.95 Å². The number of carbonyl (C=O) groups is 1. The molecule has 0 bridgehead atoms. The van der Waals surface area contributed by atoms with E-state index < -0.39 is 17.7 Å². The van der Waals surface area contributed by atoms with E-state index in [1.807, 2.05) is 6.07 Å². The van der Waals surface area contributed by atoms with Crippen LogP contribution < -0.4 is 5.32 Å². The molecule has 0 spiro atoms. The van der Waals surface area contributed by atoms with Crippen LogP contribution >= 0.6 is 0 Å². The van der Waals surface area contributed by atoms with Gasteiger partial charge < -0.3 is 10.4 Å². The number of pyridine rings is 1. The number of anilines is 1. The number of carboxylic acids is 1. The van der Waals surface area contributed by atoms with Gasteiger partial charge in [0.15, 0.2) is 5.69 Å². The van der Waals surface area contributed by atoms with Crippen molar-refractivity contribution in [1.82, 2.24) is 19.4 Å². The molecule has 34 heavy (non-hydrogen) atoms. The average Bonchev–Trinajstić information content (AvgIpc) is 3.26. The lowest BCUT2D eigenvalue weighted by Gasteiger charge is -2.11. The highest BCUT2D eigenvalue weighted by Gasteiger charge is 2.30. The number of halogens is 3. The van der Waals surface area contributed by atoms with Crippen LogP contribution in [-0.4, -0.2) is 37.0 Å². The summed E-state index contributed by atoms with van der Waals surface area (Å²) in [5, 5.41) is 21.3. The van der Waals surface area contributed by atoms with Gasteiger partial charge >= 0.3 is 12.1 Å². The lowest BCUT2D eigenvalue weighted by molar-refractivity contribution is -0.137. The smallest absolute Gasteiger partial charge is 0.416 e. The highest BCUT2D eigenvalue weighted by Crippen LogP contribution is 2.31. The summed E-state index contributed by atoms with van der Waals surface area (Å²) in [5.41, 5.74) is 1.40. The average molecular weight is 466 g/mol. The first-order valence-corrected chi connectivity index (χ1v) is 10.1. The molecule has 4 rings (SSSR count). The molecule has 1 aromatic carbocycles. The molecule has 0 saturated carbocycles. The second-order valence-electron chi connectivity index (χ2n) is 7.38. The van der Waals surface area contributed by atoms with Gasteiger partial charge in [0.25, 0.3) is 0 Å². The number of hydrogen-bond donors (Lipinski definition) is 2. The van der Waals surface area contributed by atoms with Crippen LogP contribution in [0.5, 0.6) is 0 Å². The number of rotatable bonds is 7. The number of aryl methyl sites for hydroxylation is 1. The number of nitrogens with zero attached hydrogens (tertiary/aromatic N) is 5. The third-order valence-corrected chi connectivity index (χ3v) is 5.03. The largest absolute Gasteiger partial charge is 0.476 e. The second kappa shape index (κ2) is 9.19. The maximum absolute atomic E-state index is 12.9. The Morgan fingerprint density at radius 2 is 1.91 bits per heavy atom. The van der Waals surface area contributed by atoms with Crippen LogP contribution in [0.25, 0.3) is 16.9 Å². The Morgan fingerprint density at radius 1 is 1.15 bits per heavy atom. The maximum atomic E-state index is 12.9. The van der Waals surface area contributed by atoms with Crippen LogP contribution in [0.3, 0.4) is 0 Å². The van der Waals surface area contributed by atoms with E-state index in [1.54, 1.807) is 12.1 Å². The SMILES string of the molecule is N#Cc1ccc(CCCNc2nc(-c3ccc(C(F)(F)F)cc3)cc3nc(C(=O)O)cn23)nc1. The van der Waals surface area contributed by atoms with Crippen molar-refractivity contribution in [2.45, 2.75) is 19.0 Å². The van der Waals surface area contributed by atoms with Gasteiger partial charge in [0.05, 0.1) is 16.8 Å². The molecule has 0 aliphatic carbocycles. The summed E-state index contributed by atoms with van der Waals surface area (Å²) in [7, 11) is 0. The molecule has 0 aliphatic heterocycles. The zero-order chi connectivity index (χ0) is 24.3. The van der Waals surface area contributed by atoms with E-state index in [0.717, 1.165) is 17.8 Å². The Morgan fingerprint density at radius 3 is 2.53 bits per heavy atom. The van der Waals surface area contributed by atoms with E-state index in [-0.39, 0.29) is 5.69 Å². The molecule has 0 fully saturated rings. The first-order valence-electron chi connectivity index (χ1n) is 10.1. The number of benzene rings is 1. The van der Waals surface area contributed by atoms with Crippen LogP contribution in [0.4, 0.5) is 19.1 Å². The van der Waals surface area contributed by atoms with Gasteiger partial charge in [-0.2, -0.15) is 18.4 Å². The summed E-state index contributed by atoms with van der Waals surface area (Å²) in [5.74, 6) is -0.905. The van der Waals surface area contributed by atoms with Crippen LogP contribution in [0.2, 0.25) is 0 Å². The van der Waals surface area contributed by atoms with Gasteiger partial charge in [-0.1, -0.05) is 12.1 Å². The van der Waals surface area contributed by atoms with Crippen molar-refractivity contribution < 1.29 is 23.1 Å². The molecule has 3 heterocycles. The second-order valence-corrected chi connectivity index (χ2v) is 7.38. The normalized spacial score (nSPS) is 11.4. The van der Waals surface area contributed by atoms with Gasteiger partial charge in [0.1, 0.15) is 11.7 Å².